The molecular formula is C19H22F2N8O. The second-order valence-corrected chi connectivity index (χ2v) is 8.00. The summed E-state index contributed by atoms with van der Waals surface area (Å²) in [6.45, 7) is 0.307. The maximum absolute atomic E-state index is 13.5. The topological polar surface area (TPSA) is 93.2 Å². The first kappa shape index (κ1) is 19.0. The van der Waals surface area contributed by atoms with Gasteiger partial charge in [-0.15, -0.1) is 0 Å². The predicted octanol–water partition coefficient (Wildman–Crippen LogP) is 1.69. The van der Waals surface area contributed by atoms with Crippen molar-refractivity contribution in [3.63, 3.8) is 0 Å². The fourth-order valence-electron chi connectivity index (χ4n) is 4.40. The lowest BCUT2D eigenvalue weighted by molar-refractivity contribution is 0.00504. The van der Waals surface area contributed by atoms with E-state index in [4.69, 9.17) is 0 Å². The van der Waals surface area contributed by atoms with Crippen LogP contribution in [-0.4, -0.2) is 71.0 Å². The van der Waals surface area contributed by atoms with Crippen LogP contribution in [0.4, 0.5) is 8.78 Å². The third kappa shape index (κ3) is 3.64. The monoisotopic (exact) mass is 416 g/mol. The quantitative estimate of drug-likeness (QED) is 0.696. The molecule has 0 atom stereocenters. The van der Waals surface area contributed by atoms with E-state index in [0.717, 1.165) is 25.7 Å². The van der Waals surface area contributed by atoms with Crippen LogP contribution >= 0.6 is 0 Å². The van der Waals surface area contributed by atoms with E-state index in [9.17, 15) is 13.6 Å². The van der Waals surface area contributed by atoms with E-state index in [1.807, 2.05) is 4.90 Å². The molecule has 3 aromatic heterocycles. The Hall–Kier alpha value is -2.95. The number of nitrogens with zero attached hydrogens (tertiary/aromatic N) is 7. The molecule has 0 aromatic carbocycles. The maximum atomic E-state index is 13.5. The van der Waals surface area contributed by atoms with E-state index < -0.39 is 5.92 Å². The number of rotatable bonds is 4. The molecule has 0 spiro atoms. The molecule has 2 aliphatic rings. The molecule has 9 nitrogen and oxygen atoms in total. The molecular weight excluding hydrogens is 394 g/mol. The molecule has 3 aromatic rings. The van der Waals surface area contributed by atoms with Crippen molar-refractivity contribution in [3.8, 4) is 5.82 Å². The molecule has 1 saturated heterocycles. The lowest BCUT2D eigenvalue weighted by atomic mass is 9.90. The van der Waals surface area contributed by atoms with Crippen molar-refractivity contribution < 1.29 is 13.6 Å². The van der Waals surface area contributed by atoms with Gasteiger partial charge >= 0.3 is 0 Å². The third-order valence-corrected chi connectivity index (χ3v) is 5.97. The van der Waals surface area contributed by atoms with Crippen molar-refractivity contribution in [3.05, 3.63) is 36.9 Å². The van der Waals surface area contributed by atoms with E-state index in [0.29, 0.717) is 18.0 Å². The number of likely N-dealkylation sites (tertiary alicyclic amines) is 1. The van der Waals surface area contributed by atoms with E-state index in [1.54, 1.807) is 29.5 Å². The molecule has 30 heavy (non-hydrogen) atoms. The van der Waals surface area contributed by atoms with Crippen molar-refractivity contribution in [2.75, 3.05) is 13.1 Å². The molecule has 158 valence electrons. The van der Waals surface area contributed by atoms with Gasteiger partial charge in [-0.1, -0.05) is 0 Å². The summed E-state index contributed by atoms with van der Waals surface area (Å²) in [5, 5.41) is 7.17. The number of hydrogen-bond donors (Lipinski definition) is 1. The summed E-state index contributed by atoms with van der Waals surface area (Å²) in [6, 6.07) is 0.172. The van der Waals surface area contributed by atoms with Crippen LogP contribution in [-0.2, 0) is 0 Å². The fourth-order valence-corrected chi connectivity index (χ4v) is 4.40. The molecule has 0 unspecified atom stereocenters. The summed E-state index contributed by atoms with van der Waals surface area (Å²) < 4.78 is 30.2. The van der Waals surface area contributed by atoms with Crippen LogP contribution in [0.1, 0.15) is 42.6 Å². The summed E-state index contributed by atoms with van der Waals surface area (Å²) in [7, 11) is 0. The molecule has 1 aliphatic carbocycles. The van der Waals surface area contributed by atoms with Crippen LogP contribution < -0.4 is 5.32 Å². The van der Waals surface area contributed by atoms with E-state index in [-0.39, 0.29) is 36.7 Å². The van der Waals surface area contributed by atoms with Crippen LogP contribution in [0.5, 0.6) is 0 Å². The van der Waals surface area contributed by atoms with Crippen molar-refractivity contribution in [1.29, 1.82) is 0 Å². The second-order valence-electron chi connectivity index (χ2n) is 8.00. The highest BCUT2D eigenvalue weighted by molar-refractivity contribution is 5.92. The van der Waals surface area contributed by atoms with Crippen LogP contribution in [0.15, 0.2) is 31.2 Å². The van der Waals surface area contributed by atoms with Gasteiger partial charge in [0.25, 0.3) is 11.8 Å². The van der Waals surface area contributed by atoms with Gasteiger partial charge in [-0.05, 0) is 25.7 Å². The smallest absolute Gasteiger partial charge is 0.271 e. The Morgan fingerprint density at radius 3 is 2.77 bits per heavy atom. The molecule has 11 heteroatoms. The van der Waals surface area contributed by atoms with Crippen molar-refractivity contribution in [1.82, 2.24) is 39.3 Å². The van der Waals surface area contributed by atoms with Crippen molar-refractivity contribution >= 4 is 11.6 Å². The van der Waals surface area contributed by atoms with Crippen molar-refractivity contribution in [2.45, 2.75) is 50.1 Å². The molecule has 1 aliphatic heterocycles. The highest BCUT2D eigenvalue weighted by Crippen LogP contribution is 2.32. The van der Waals surface area contributed by atoms with Gasteiger partial charge in [-0.25, -0.2) is 28.2 Å². The fraction of sp³-hybridized carbons (Fsp3) is 0.526. The highest BCUT2D eigenvalue weighted by atomic mass is 19.3. The van der Waals surface area contributed by atoms with Gasteiger partial charge in [-0.3, -0.25) is 14.3 Å². The first-order valence-electron chi connectivity index (χ1n) is 10.1. The zero-order valence-corrected chi connectivity index (χ0v) is 16.3. The molecule has 4 heterocycles. The van der Waals surface area contributed by atoms with Crippen LogP contribution in [0.25, 0.3) is 11.5 Å². The summed E-state index contributed by atoms with van der Waals surface area (Å²) in [5.74, 6) is -2.38. The predicted molar refractivity (Wildman–Crippen MR) is 103 cm³/mol. The lowest BCUT2D eigenvalue weighted by Gasteiger charge is -2.34. The minimum absolute atomic E-state index is 0.00167. The Labute approximate surface area is 171 Å². The average molecular weight is 416 g/mol. The zero-order chi connectivity index (χ0) is 20.7. The number of fused-ring (bicyclic) bond motifs is 1. The number of halogens is 2. The summed E-state index contributed by atoms with van der Waals surface area (Å²) in [5.41, 5.74) is 0.755. The van der Waals surface area contributed by atoms with Gasteiger partial charge < -0.3 is 5.32 Å². The van der Waals surface area contributed by atoms with Crippen LogP contribution in [0.3, 0.4) is 0 Å². The minimum Gasteiger partial charge on any atom is -0.348 e. The molecule has 1 N–H and O–H groups in total. The first-order valence-corrected chi connectivity index (χ1v) is 10.1. The van der Waals surface area contributed by atoms with Crippen LogP contribution in [0, 0.1) is 0 Å². The summed E-state index contributed by atoms with van der Waals surface area (Å²) in [4.78, 5) is 27.4. The molecule has 2 fully saturated rings. The van der Waals surface area contributed by atoms with E-state index >= 15 is 0 Å². The molecule has 0 bridgehead atoms. The Kier molecular flexibility index (Phi) is 4.69. The Morgan fingerprint density at radius 1 is 1.23 bits per heavy atom. The highest BCUT2D eigenvalue weighted by Gasteiger charge is 2.41. The van der Waals surface area contributed by atoms with Gasteiger partial charge in [0, 0.05) is 37.4 Å². The maximum Gasteiger partial charge on any atom is 0.271 e. The van der Waals surface area contributed by atoms with Crippen molar-refractivity contribution in [2.24, 2.45) is 0 Å². The standard InChI is InChI=1S/C19H22F2N8O/c20-19(21)5-7-27(10-19)14-3-1-13(2-4-14)25-18(30)15-9-29-16(23-11-24-29)17(26-15)28-8-6-22-12-28/h6,8-9,11-14H,1-5,7,10H2,(H,25,30). The number of carbonyl (C=O) groups excluding carboxylic acids is 1. The van der Waals surface area contributed by atoms with Crippen LogP contribution in [0.2, 0.25) is 0 Å². The number of aromatic nitrogens is 6. The normalized spacial score (nSPS) is 24.3. The number of hydrogen-bond acceptors (Lipinski definition) is 6. The van der Waals surface area contributed by atoms with Gasteiger partial charge in [0.15, 0.2) is 11.5 Å². The largest absolute Gasteiger partial charge is 0.348 e. The zero-order valence-electron chi connectivity index (χ0n) is 16.3. The first-order chi connectivity index (χ1) is 14.5. The molecule has 0 radical (unpaired) electrons. The Balaban J connectivity index is 1.26. The number of amides is 1. The summed E-state index contributed by atoms with van der Waals surface area (Å²) in [6.07, 6.45) is 11.0. The minimum atomic E-state index is -2.57. The van der Waals surface area contributed by atoms with Gasteiger partial charge in [0.2, 0.25) is 0 Å². The summed E-state index contributed by atoms with van der Waals surface area (Å²) >= 11 is 0. The molecule has 1 saturated carbocycles. The van der Waals surface area contributed by atoms with E-state index in [2.05, 4.69) is 25.4 Å². The van der Waals surface area contributed by atoms with E-state index in [1.165, 1.54) is 10.8 Å². The second kappa shape index (κ2) is 7.38. The number of nitrogens with one attached hydrogen (secondary N) is 1. The Bertz CT molecular complexity index is 1040. The average Bonchev–Trinajstić information content (AvgIpc) is 3.48. The Morgan fingerprint density at radius 2 is 2.07 bits per heavy atom. The SMILES string of the molecule is O=C(NC1CCC(N2CCC(F)(F)C2)CC1)c1cn2ncnc2c(-n2ccnc2)n1. The van der Waals surface area contributed by atoms with Gasteiger partial charge in [0.1, 0.15) is 18.3 Å². The molecule has 1 amide bonds. The van der Waals surface area contributed by atoms with Gasteiger partial charge in [-0.2, -0.15) is 5.10 Å². The number of carbonyl (C=O) groups is 1. The van der Waals surface area contributed by atoms with Gasteiger partial charge in [0.05, 0.1) is 12.7 Å². The molecule has 5 rings (SSSR count). The third-order valence-electron chi connectivity index (χ3n) is 5.97. The lowest BCUT2D eigenvalue weighted by Crippen LogP contribution is -2.44. The number of alkyl halides is 2. The number of imidazole rings is 1.